The van der Waals surface area contributed by atoms with Crippen molar-refractivity contribution >= 4 is 18.0 Å². The molecule has 0 heterocycles. The lowest BCUT2D eigenvalue weighted by molar-refractivity contribution is -0.145. The highest BCUT2D eigenvalue weighted by molar-refractivity contribution is 5.89. The first-order valence-corrected chi connectivity index (χ1v) is 10.0. The van der Waals surface area contributed by atoms with Crippen molar-refractivity contribution < 1.29 is 23.9 Å². The van der Waals surface area contributed by atoms with E-state index in [0.717, 1.165) is 22.3 Å². The zero-order chi connectivity index (χ0) is 22.4. The van der Waals surface area contributed by atoms with Crippen molar-refractivity contribution in [2.24, 2.45) is 0 Å². The Morgan fingerprint density at radius 1 is 1.03 bits per heavy atom. The van der Waals surface area contributed by atoms with E-state index >= 15 is 0 Å². The van der Waals surface area contributed by atoms with Gasteiger partial charge in [-0.15, -0.1) is 0 Å². The molecule has 3 rings (SSSR count). The highest BCUT2D eigenvalue weighted by Gasteiger charge is 2.30. The second-order valence-electron chi connectivity index (χ2n) is 7.43. The van der Waals surface area contributed by atoms with Crippen molar-refractivity contribution in [3.05, 3.63) is 72.3 Å². The van der Waals surface area contributed by atoms with Crippen LogP contribution in [0.5, 0.6) is 0 Å². The topological polar surface area (TPSA) is 84.9 Å². The van der Waals surface area contributed by atoms with Gasteiger partial charge >= 0.3 is 12.1 Å². The molecule has 7 nitrogen and oxygen atoms in total. The second kappa shape index (κ2) is 9.93. The van der Waals surface area contributed by atoms with Crippen LogP contribution in [0.4, 0.5) is 4.79 Å². The number of benzene rings is 2. The van der Waals surface area contributed by atoms with Crippen LogP contribution in [0.3, 0.4) is 0 Å². The molecule has 0 unspecified atom stereocenters. The molecule has 0 bridgehead atoms. The van der Waals surface area contributed by atoms with Crippen molar-refractivity contribution in [3.8, 4) is 11.1 Å². The summed E-state index contributed by atoms with van der Waals surface area (Å²) in [5.74, 6) is -1.14. The fourth-order valence-corrected chi connectivity index (χ4v) is 3.67. The van der Waals surface area contributed by atoms with E-state index in [1.54, 1.807) is 14.1 Å². The molecule has 1 aliphatic carbocycles. The Kier molecular flexibility index (Phi) is 7.07. The molecular formula is C24H26N2O5. The standard InChI is InChI=1S/C24H26N2O5/c1-4-13-30-22(27)14-21(23(28)26(2)3)25-24(29)31-15-20-18-11-7-5-9-16(18)17-10-6-8-12-19(17)20/h4-12,20-21H,1,13-15H2,2-3H3,(H,25,29)/t21-/m0/s1. The number of amides is 2. The minimum absolute atomic E-state index is 0.0344. The molecule has 1 aliphatic rings. The van der Waals surface area contributed by atoms with Crippen LogP contribution in [0.1, 0.15) is 23.5 Å². The predicted molar refractivity (Wildman–Crippen MR) is 116 cm³/mol. The van der Waals surface area contributed by atoms with Crippen LogP contribution in [0.15, 0.2) is 61.2 Å². The fraction of sp³-hybridized carbons (Fsp3) is 0.292. The maximum absolute atomic E-state index is 12.5. The quantitative estimate of drug-likeness (QED) is 0.522. The molecule has 0 aromatic heterocycles. The van der Waals surface area contributed by atoms with Gasteiger partial charge in [-0.25, -0.2) is 4.79 Å². The number of alkyl carbamates (subject to hydrolysis) is 1. The highest BCUT2D eigenvalue weighted by atomic mass is 16.5. The molecule has 0 radical (unpaired) electrons. The number of esters is 1. The van der Waals surface area contributed by atoms with Gasteiger partial charge in [0.2, 0.25) is 5.91 Å². The summed E-state index contributed by atoms with van der Waals surface area (Å²) in [5, 5.41) is 2.50. The zero-order valence-corrected chi connectivity index (χ0v) is 17.7. The van der Waals surface area contributed by atoms with Gasteiger partial charge in [-0.1, -0.05) is 61.2 Å². The molecule has 0 aliphatic heterocycles. The Morgan fingerprint density at radius 3 is 2.16 bits per heavy atom. The molecule has 0 spiro atoms. The summed E-state index contributed by atoms with van der Waals surface area (Å²) < 4.78 is 10.4. The van der Waals surface area contributed by atoms with Crippen molar-refractivity contribution in [3.63, 3.8) is 0 Å². The minimum atomic E-state index is -1.08. The lowest BCUT2D eigenvalue weighted by atomic mass is 9.98. The number of nitrogens with zero attached hydrogens (tertiary/aromatic N) is 1. The van der Waals surface area contributed by atoms with Crippen LogP contribution >= 0.6 is 0 Å². The van der Waals surface area contributed by atoms with Gasteiger partial charge in [-0.3, -0.25) is 9.59 Å². The van der Waals surface area contributed by atoms with Crippen LogP contribution in [0.25, 0.3) is 11.1 Å². The van der Waals surface area contributed by atoms with Crippen molar-refractivity contribution in [2.75, 3.05) is 27.3 Å². The number of hydrogen-bond acceptors (Lipinski definition) is 5. The SMILES string of the molecule is C=CCOC(=O)C[C@H](NC(=O)OCC1c2ccccc2-c2ccccc21)C(=O)N(C)C. The summed E-state index contributed by atoms with van der Waals surface area (Å²) in [4.78, 5) is 38.1. The third-order valence-electron chi connectivity index (χ3n) is 5.11. The van der Waals surface area contributed by atoms with Gasteiger partial charge in [-0.2, -0.15) is 0 Å². The Balaban J connectivity index is 1.67. The number of nitrogens with one attached hydrogen (secondary N) is 1. The number of rotatable bonds is 8. The third-order valence-corrected chi connectivity index (χ3v) is 5.11. The van der Waals surface area contributed by atoms with Gasteiger partial charge in [0, 0.05) is 20.0 Å². The van der Waals surface area contributed by atoms with E-state index in [0.29, 0.717) is 0 Å². The van der Waals surface area contributed by atoms with Crippen LogP contribution in [0.2, 0.25) is 0 Å². The molecular weight excluding hydrogens is 396 g/mol. The Hall–Kier alpha value is -3.61. The van der Waals surface area contributed by atoms with Gasteiger partial charge in [0.1, 0.15) is 19.3 Å². The normalized spacial score (nSPS) is 12.8. The lowest BCUT2D eigenvalue weighted by Gasteiger charge is -2.21. The molecule has 2 amide bonds. The number of hydrogen-bond donors (Lipinski definition) is 1. The van der Waals surface area contributed by atoms with E-state index in [1.165, 1.54) is 11.0 Å². The molecule has 31 heavy (non-hydrogen) atoms. The van der Waals surface area contributed by atoms with Crippen LogP contribution < -0.4 is 5.32 Å². The summed E-state index contributed by atoms with van der Waals surface area (Å²) in [6.07, 6.45) is 0.368. The van der Waals surface area contributed by atoms with Gasteiger partial charge in [0.25, 0.3) is 0 Å². The molecule has 2 aromatic carbocycles. The fourth-order valence-electron chi connectivity index (χ4n) is 3.67. The summed E-state index contributed by atoms with van der Waals surface area (Å²) in [6, 6.07) is 14.9. The number of likely N-dealkylation sites (N-methyl/N-ethyl adjacent to an activating group) is 1. The molecule has 1 atom stereocenters. The molecule has 1 N–H and O–H groups in total. The molecule has 0 fully saturated rings. The van der Waals surface area contributed by atoms with Crippen molar-refractivity contribution in [1.29, 1.82) is 0 Å². The monoisotopic (exact) mass is 422 g/mol. The first-order valence-electron chi connectivity index (χ1n) is 10.0. The molecule has 7 heteroatoms. The Labute approximate surface area is 181 Å². The summed E-state index contributed by atoms with van der Waals surface area (Å²) in [7, 11) is 3.09. The molecule has 162 valence electrons. The van der Waals surface area contributed by atoms with Gasteiger partial charge in [-0.05, 0) is 22.3 Å². The number of fused-ring (bicyclic) bond motifs is 3. The average molecular weight is 422 g/mol. The maximum atomic E-state index is 12.5. The van der Waals surface area contributed by atoms with E-state index < -0.39 is 24.0 Å². The zero-order valence-electron chi connectivity index (χ0n) is 17.7. The largest absolute Gasteiger partial charge is 0.461 e. The maximum Gasteiger partial charge on any atom is 0.407 e. The van der Waals surface area contributed by atoms with E-state index in [4.69, 9.17) is 9.47 Å². The van der Waals surface area contributed by atoms with Gasteiger partial charge in [0.05, 0.1) is 6.42 Å². The smallest absolute Gasteiger partial charge is 0.407 e. The predicted octanol–water partition coefficient (Wildman–Crippen LogP) is 3.10. The number of carbonyl (C=O) groups is 3. The lowest BCUT2D eigenvalue weighted by Crippen LogP contribution is -2.47. The Morgan fingerprint density at radius 2 is 1.61 bits per heavy atom. The number of carbonyl (C=O) groups excluding carboxylic acids is 3. The van der Waals surface area contributed by atoms with Crippen LogP contribution in [-0.2, 0) is 19.1 Å². The molecule has 0 saturated heterocycles. The summed E-state index contributed by atoms with van der Waals surface area (Å²) in [5.41, 5.74) is 4.42. The van der Waals surface area contributed by atoms with Gasteiger partial charge in [0.15, 0.2) is 0 Å². The highest BCUT2D eigenvalue weighted by Crippen LogP contribution is 2.44. The first-order chi connectivity index (χ1) is 14.9. The van der Waals surface area contributed by atoms with E-state index in [1.807, 2.05) is 36.4 Å². The number of ether oxygens (including phenoxy) is 2. The van der Waals surface area contributed by atoms with Crippen LogP contribution in [-0.4, -0.2) is 56.2 Å². The minimum Gasteiger partial charge on any atom is -0.461 e. The van der Waals surface area contributed by atoms with E-state index in [9.17, 15) is 14.4 Å². The van der Waals surface area contributed by atoms with E-state index in [2.05, 4.69) is 24.0 Å². The molecule has 2 aromatic rings. The van der Waals surface area contributed by atoms with E-state index in [-0.39, 0.29) is 25.6 Å². The first kappa shape index (κ1) is 22.1. The van der Waals surface area contributed by atoms with Crippen LogP contribution in [0, 0.1) is 0 Å². The third kappa shape index (κ3) is 5.12. The van der Waals surface area contributed by atoms with Crippen molar-refractivity contribution in [1.82, 2.24) is 10.2 Å². The van der Waals surface area contributed by atoms with Gasteiger partial charge < -0.3 is 19.7 Å². The molecule has 0 saturated carbocycles. The van der Waals surface area contributed by atoms with Crippen molar-refractivity contribution in [2.45, 2.75) is 18.4 Å². The second-order valence-corrected chi connectivity index (χ2v) is 7.43. The summed E-state index contributed by atoms with van der Waals surface area (Å²) in [6.45, 7) is 3.62. The average Bonchev–Trinajstić information content (AvgIpc) is 3.09. The summed E-state index contributed by atoms with van der Waals surface area (Å²) >= 11 is 0. The Bertz CT molecular complexity index is 940.